The van der Waals surface area contributed by atoms with Gasteiger partial charge in [0.25, 0.3) is 11.6 Å². The molecular weight excluding hydrogens is 714 g/mol. The maximum atomic E-state index is 14.7. The number of nitro benzene ring substituents is 1. The van der Waals surface area contributed by atoms with Gasteiger partial charge in [-0.1, -0.05) is 68.8 Å². The predicted molar refractivity (Wildman–Crippen MR) is 200 cm³/mol. The zero-order valence-electron chi connectivity index (χ0n) is 31.9. The minimum absolute atomic E-state index is 0.000834. The molecule has 1 unspecified atom stereocenters. The van der Waals surface area contributed by atoms with Gasteiger partial charge in [-0.15, -0.1) is 0 Å². The molecule has 0 bridgehead atoms. The summed E-state index contributed by atoms with van der Waals surface area (Å²) in [6.45, 7) is 8.36. The second-order valence-electron chi connectivity index (χ2n) is 14.2. The number of benzene rings is 2. The summed E-state index contributed by atoms with van der Waals surface area (Å²) in [5.41, 5.74) is 6.42. The molecule has 0 radical (unpaired) electrons. The number of carbonyl (C=O) groups is 5. The number of aliphatic hydroxyl groups is 1. The van der Waals surface area contributed by atoms with E-state index >= 15 is 0 Å². The highest BCUT2D eigenvalue weighted by molar-refractivity contribution is 6.03. The highest BCUT2D eigenvalue weighted by atomic mass is 16.6. The van der Waals surface area contributed by atoms with Gasteiger partial charge in [0.15, 0.2) is 0 Å². The summed E-state index contributed by atoms with van der Waals surface area (Å²) in [6, 6.07) is 9.16. The number of hydrogen-bond acceptors (Lipinski definition) is 12. The number of nitrogens with zero attached hydrogens (tertiary/aromatic N) is 3. The Labute approximate surface area is 319 Å². The van der Waals surface area contributed by atoms with Crippen molar-refractivity contribution in [1.82, 2.24) is 25.5 Å². The number of imidazole rings is 1. The minimum atomic E-state index is -1.62. The number of ether oxygens (including phenoxy) is 2. The largest absolute Gasteiger partial charge is 0.467 e. The Balaban J connectivity index is 2.02. The third-order valence-electron chi connectivity index (χ3n) is 8.82. The lowest BCUT2D eigenvalue weighted by Crippen LogP contribution is -2.61. The van der Waals surface area contributed by atoms with Gasteiger partial charge in [0.1, 0.15) is 23.7 Å². The van der Waals surface area contributed by atoms with E-state index in [-0.39, 0.29) is 30.5 Å². The average molecular weight is 766 g/mol. The zero-order valence-corrected chi connectivity index (χ0v) is 31.9. The molecular formula is C38H51N7O10. The molecule has 298 valence electrons. The second-order valence-corrected chi connectivity index (χ2v) is 14.2. The zero-order chi connectivity index (χ0) is 40.9. The molecule has 3 aromatic rings. The van der Waals surface area contributed by atoms with Gasteiger partial charge in [0.2, 0.25) is 11.8 Å². The van der Waals surface area contributed by atoms with Gasteiger partial charge in [-0.25, -0.2) is 14.6 Å². The Morgan fingerprint density at radius 1 is 1.00 bits per heavy atom. The van der Waals surface area contributed by atoms with E-state index < -0.39 is 82.9 Å². The van der Waals surface area contributed by atoms with Crippen LogP contribution in [0.3, 0.4) is 0 Å². The van der Waals surface area contributed by atoms with Gasteiger partial charge >= 0.3 is 12.1 Å². The maximum Gasteiger partial charge on any atom is 0.408 e. The van der Waals surface area contributed by atoms with E-state index in [1.807, 2.05) is 0 Å². The molecule has 6 atom stereocenters. The fourth-order valence-electron chi connectivity index (χ4n) is 5.80. The number of para-hydroxylation sites is 1. The quantitative estimate of drug-likeness (QED) is 0.0713. The number of esters is 1. The molecule has 0 saturated carbocycles. The Kier molecular flexibility index (Phi) is 16.0. The van der Waals surface area contributed by atoms with Crippen molar-refractivity contribution >= 4 is 35.5 Å². The van der Waals surface area contributed by atoms with E-state index in [2.05, 4.69) is 20.6 Å². The molecule has 6 N–H and O–H groups in total. The first-order valence-electron chi connectivity index (χ1n) is 17.9. The van der Waals surface area contributed by atoms with E-state index in [9.17, 15) is 39.2 Å². The minimum Gasteiger partial charge on any atom is -0.467 e. The third-order valence-corrected chi connectivity index (χ3v) is 8.82. The van der Waals surface area contributed by atoms with E-state index in [1.165, 1.54) is 30.7 Å². The van der Waals surface area contributed by atoms with Crippen LogP contribution in [0.15, 0.2) is 67.1 Å². The molecule has 0 aliphatic carbocycles. The van der Waals surface area contributed by atoms with Crippen molar-refractivity contribution in [3.63, 3.8) is 0 Å². The van der Waals surface area contributed by atoms with Crippen molar-refractivity contribution in [2.45, 2.75) is 103 Å². The molecule has 0 fully saturated rings. The highest BCUT2D eigenvalue weighted by Gasteiger charge is 2.43. The predicted octanol–water partition coefficient (Wildman–Crippen LogP) is 2.75. The molecule has 3 rings (SSSR count). The Hall–Kier alpha value is -5.68. The standard InChI is InChI=1S/C38H51N7O10/c1-7-23(2)33(36(50)54-6)44(32(47)20-31(46)27(39)18-25-15-11-12-16-30(25)45(52)53)35(49)29(19-26-21-40-22-41-26)42-34(48)28(17-24-13-9-8-10-14-24)43-37(51)55-38(3,4)5/h8-16,21-23,27-29,31,33,46H,7,17-20,39H2,1-6H3,(H,40,41)(H,42,48)(H,43,51)/t23-,27-,28-,29-,31?,33-/m0/s1. The van der Waals surface area contributed by atoms with Crippen molar-refractivity contribution in [1.29, 1.82) is 0 Å². The lowest BCUT2D eigenvalue weighted by atomic mass is 9.94. The molecule has 4 amide bonds. The van der Waals surface area contributed by atoms with Crippen LogP contribution in [0.4, 0.5) is 10.5 Å². The molecule has 0 spiro atoms. The van der Waals surface area contributed by atoms with Crippen LogP contribution < -0.4 is 16.4 Å². The van der Waals surface area contributed by atoms with Crippen molar-refractivity contribution in [3.8, 4) is 0 Å². The number of nitro groups is 1. The van der Waals surface area contributed by atoms with Crippen LogP contribution in [0.2, 0.25) is 0 Å². The first kappa shape index (κ1) is 43.7. The van der Waals surface area contributed by atoms with Gasteiger partial charge in [-0.2, -0.15) is 0 Å². The van der Waals surface area contributed by atoms with Crippen LogP contribution in [-0.2, 0) is 47.9 Å². The number of aromatic nitrogens is 2. The number of H-pyrrole nitrogens is 1. The van der Waals surface area contributed by atoms with Crippen LogP contribution in [-0.4, -0.2) is 97.7 Å². The summed E-state index contributed by atoms with van der Waals surface area (Å²) in [7, 11) is 1.10. The number of aliphatic hydroxyl groups excluding tert-OH is 1. The lowest BCUT2D eigenvalue weighted by molar-refractivity contribution is -0.385. The van der Waals surface area contributed by atoms with Crippen molar-refractivity contribution in [2.75, 3.05) is 7.11 Å². The number of rotatable bonds is 18. The number of amides is 4. The molecule has 17 heteroatoms. The summed E-state index contributed by atoms with van der Waals surface area (Å²) in [4.78, 5) is 87.8. The SMILES string of the molecule is CC[C@H](C)[C@@H](C(=O)OC)N(C(=O)CC(O)[C@@H](N)Cc1ccccc1[N+](=O)[O-])C(=O)[C@H](Cc1cnc[nH]1)NC(=O)[C@H](Cc1ccccc1)NC(=O)OC(C)(C)C. The Bertz CT molecular complexity index is 1760. The first-order valence-corrected chi connectivity index (χ1v) is 17.9. The number of methoxy groups -OCH3 is 1. The number of aromatic amines is 1. The molecule has 2 aromatic carbocycles. The lowest BCUT2D eigenvalue weighted by Gasteiger charge is -2.35. The fraction of sp³-hybridized carbons (Fsp3) is 0.474. The summed E-state index contributed by atoms with van der Waals surface area (Å²) in [5, 5.41) is 28.0. The Morgan fingerprint density at radius 2 is 1.65 bits per heavy atom. The van der Waals surface area contributed by atoms with Gasteiger partial charge in [0.05, 0.1) is 30.9 Å². The van der Waals surface area contributed by atoms with Crippen LogP contribution >= 0.6 is 0 Å². The van der Waals surface area contributed by atoms with Crippen molar-refractivity contribution in [3.05, 3.63) is 94.1 Å². The van der Waals surface area contributed by atoms with Crippen LogP contribution in [0, 0.1) is 16.0 Å². The number of nitrogens with one attached hydrogen (secondary N) is 3. The fourth-order valence-corrected chi connectivity index (χ4v) is 5.80. The molecule has 1 aromatic heterocycles. The summed E-state index contributed by atoms with van der Waals surface area (Å²) >= 11 is 0. The van der Waals surface area contributed by atoms with Crippen LogP contribution in [0.1, 0.15) is 64.3 Å². The van der Waals surface area contributed by atoms with Crippen molar-refractivity contribution in [2.24, 2.45) is 11.7 Å². The molecule has 1 heterocycles. The van der Waals surface area contributed by atoms with E-state index in [0.717, 1.165) is 7.11 Å². The summed E-state index contributed by atoms with van der Waals surface area (Å²) < 4.78 is 10.4. The van der Waals surface area contributed by atoms with Gasteiger partial charge in [-0.05, 0) is 38.7 Å². The van der Waals surface area contributed by atoms with E-state index in [4.69, 9.17) is 15.2 Å². The number of nitrogens with two attached hydrogens (primary N) is 1. The van der Waals surface area contributed by atoms with E-state index in [1.54, 1.807) is 71.0 Å². The smallest absolute Gasteiger partial charge is 0.408 e. The van der Waals surface area contributed by atoms with Gasteiger partial charge in [0, 0.05) is 42.4 Å². The molecule has 0 aliphatic rings. The Morgan fingerprint density at radius 3 is 2.24 bits per heavy atom. The summed E-state index contributed by atoms with van der Waals surface area (Å²) in [5.74, 6) is -4.40. The van der Waals surface area contributed by atoms with Gasteiger partial charge < -0.3 is 35.9 Å². The first-order chi connectivity index (χ1) is 25.9. The van der Waals surface area contributed by atoms with Crippen LogP contribution in [0.25, 0.3) is 0 Å². The van der Waals surface area contributed by atoms with Gasteiger partial charge in [-0.3, -0.25) is 29.4 Å². The monoisotopic (exact) mass is 765 g/mol. The van der Waals surface area contributed by atoms with E-state index in [0.29, 0.717) is 22.6 Å². The highest BCUT2D eigenvalue weighted by Crippen LogP contribution is 2.23. The molecule has 17 nitrogen and oxygen atoms in total. The number of hydrogen-bond donors (Lipinski definition) is 5. The number of carbonyl (C=O) groups excluding carboxylic acids is 5. The maximum absolute atomic E-state index is 14.7. The number of alkyl carbamates (subject to hydrolysis) is 1. The second kappa shape index (κ2) is 20.1. The number of imide groups is 1. The third kappa shape index (κ3) is 13.0. The average Bonchev–Trinajstić information content (AvgIpc) is 3.65. The molecule has 55 heavy (non-hydrogen) atoms. The normalized spacial score (nSPS) is 14.6. The molecule has 0 aliphatic heterocycles. The van der Waals surface area contributed by atoms with Crippen molar-refractivity contribution < 1.29 is 43.5 Å². The molecule has 0 saturated heterocycles. The summed E-state index contributed by atoms with van der Waals surface area (Å²) in [6.07, 6.45) is -0.596. The van der Waals surface area contributed by atoms with Crippen LogP contribution in [0.5, 0.6) is 0 Å². The topological polar surface area (TPSA) is 249 Å².